The zero-order chi connectivity index (χ0) is 6.69. The fourth-order valence-corrected chi connectivity index (χ4v) is 0.732. The molecule has 0 amide bonds. The Morgan fingerprint density at radius 1 is 1.20 bits per heavy atom. The molecule has 0 aromatic heterocycles. The van der Waals surface area contributed by atoms with Crippen LogP contribution in [-0.2, 0) is 18.6 Å². The summed E-state index contributed by atoms with van der Waals surface area (Å²) < 4.78 is 0. The van der Waals surface area contributed by atoms with Crippen LogP contribution in [0.1, 0.15) is 18.6 Å². The first kappa shape index (κ1) is 9.76. The Kier molecular flexibility index (Phi) is 4.45. The van der Waals surface area contributed by atoms with Crippen LogP contribution in [-0.4, -0.2) is 5.11 Å². The molecule has 1 atom stereocenters. The minimum atomic E-state index is -0.341. The molecule has 53 valence electrons. The van der Waals surface area contributed by atoms with Crippen molar-refractivity contribution in [3.05, 3.63) is 35.9 Å². The minimum absolute atomic E-state index is 0. The summed E-state index contributed by atoms with van der Waals surface area (Å²) in [6, 6.07) is 9.59. The molecule has 0 aliphatic rings. The zero-order valence-electron chi connectivity index (χ0n) is 5.86. The Morgan fingerprint density at radius 2 is 1.70 bits per heavy atom. The molecular weight excluding hydrogens is 163 g/mol. The molecule has 1 rings (SSSR count). The van der Waals surface area contributed by atoms with Crippen molar-refractivity contribution in [3.8, 4) is 0 Å². The first-order valence-corrected chi connectivity index (χ1v) is 3.03. The van der Waals surface area contributed by atoms with Crippen LogP contribution in [0.3, 0.4) is 0 Å². The molecular formula is C8H10OV. The Bertz CT molecular complexity index is 172. The molecule has 0 spiro atoms. The maximum absolute atomic E-state index is 9.02. The van der Waals surface area contributed by atoms with Crippen molar-refractivity contribution in [2.75, 3.05) is 0 Å². The zero-order valence-corrected chi connectivity index (χ0v) is 7.26. The van der Waals surface area contributed by atoms with Crippen molar-refractivity contribution in [2.24, 2.45) is 0 Å². The van der Waals surface area contributed by atoms with E-state index in [1.54, 1.807) is 6.92 Å². The van der Waals surface area contributed by atoms with Crippen LogP contribution in [0.5, 0.6) is 0 Å². The van der Waals surface area contributed by atoms with Gasteiger partial charge in [-0.15, -0.1) is 0 Å². The van der Waals surface area contributed by atoms with Crippen LogP contribution >= 0.6 is 0 Å². The molecule has 0 aliphatic heterocycles. The summed E-state index contributed by atoms with van der Waals surface area (Å²) in [5.41, 5.74) is 0.970. The monoisotopic (exact) mass is 173 g/mol. The molecule has 2 heteroatoms. The van der Waals surface area contributed by atoms with E-state index in [1.807, 2.05) is 30.3 Å². The van der Waals surface area contributed by atoms with E-state index in [1.165, 1.54) is 0 Å². The summed E-state index contributed by atoms with van der Waals surface area (Å²) in [6.07, 6.45) is -0.341. The molecule has 1 nitrogen and oxygen atoms in total. The van der Waals surface area contributed by atoms with Crippen LogP contribution < -0.4 is 0 Å². The molecule has 0 aliphatic carbocycles. The van der Waals surface area contributed by atoms with E-state index in [0.29, 0.717) is 0 Å². The largest absolute Gasteiger partial charge is 0.389 e. The quantitative estimate of drug-likeness (QED) is 0.685. The standard InChI is InChI=1S/C8H10O.V/c1-7(9)8-5-3-2-4-6-8;/h2-7,9H,1H3;. The van der Waals surface area contributed by atoms with Gasteiger partial charge in [0.1, 0.15) is 0 Å². The van der Waals surface area contributed by atoms with Gasteiger partial charge in [0, 0.05) is 18.6 Å². The van der Waals surface area contributed by atoms with E-state index in [4.69, 9.17) is 5.11 Å². The van der Waals surface area contributed by atoms with E-state index >= 15 is 0 Å². The topological polar surface area (TPSA) is 20.2 Å². The summed E-state index contributed by atoms with van der Waals surface area (Å²) in [4.78, 5) is 0. The third-order valence-corrected chi connectivity index (χ3v) is 1.28. The third kappa shape index (κ3) is 2.57. The predicted octanol–water partition coefficient (Wildman–Crippen LogP) is 1.74. The number of hydrogen-bond donors (Lipinski definition) is 1. The van der Waals surface area contributed by atoms with Gasteiger partial charge in [0.25, 0.3) is 0 Å². The summed E-state index contributed by atoms with van der Waals surface area (Å²) in [5.74, 6) is 0. The maximum atomic E-state index is 9.02. The van der Waals surface area contributed by atoms with E-state index in [-0.39, 0.29) is 24.7 Å². The van der Waals surface area contributed by atoms with Gasteiger partial charge in [-0.25, -0.2) is 0 Å². The Labute approximate surface area is 73.0 Å². The van der Waals surface area contributed by atoms with Crippen molar-refractivity contribution in [3.63, 3.8) is 0 Å². The van der Waals surface area contributed by atoms with E-state index < -0.39 is 0 Å². The van der Waals surface area contributed by atoms with E-state index in [0.717, 1.165) is 5.56 Å². The number of benzene rings is 1. The first-order valence-electron chi connectivity index (χ1n) is 3.03. The van der Waals surface area contributed by atoms with Gasteiger partial charge in [0.15, 0.2) is 0 Å². The summed E-state index contributed by atoms with van der Waals surface area (Å²) >= 11 is 0. The fourth-order valence-electron chi connectivity index (χ4n) is 0.732. The van der Waals surface area contributed by atoms with Crippen molar-refractivity contribution >= 4 is 0 Å². The average molecular weight is 173 g/mol. The second kappa shape index (κ2) is 4.56. The van der Waals surface area contributed by atoms with Gasteiger partial charge in [-0.2, -0.15) is 0 Å². The van der Waals surface area contributed by atoms with Crippen LogP contribution in [0.25, 0.3) is 0 Å². The van der Waals surface area contributed by atoms with Gasteiger partial charge >= 0.3 is 0 Å². The summed E-state index contributed by atoms with van der Waals surface area (Å²) in [5, 5.41) is 9.02. The van der Waals surface area contributed by atoms with Gasteiger partial charge in [-0.3, -0.25) is 0 Å². The van der Waals surface area contributed by atoms with Gasteiger partial charge < -0.3 is 5.11 Å². The molecule has 1 N–H and O–H groups in total. The minimum Gasteiger partial charge on any atom is -0.389 e. The van der Waals surface area contributed by atoms with Gasteiger partial charge in [-0.1, -0.05) is 30.3 Å². The smallest absolute Gasteiger partial charge is 0.0761 e. The third-order valence-electron chi connectivity index (χ3n) is 1.28. The summed E-state index contributed by atoms with van der Waals surface area (Å²) in [6.45, 7) is 1.76. The molecule has 1 aromatic carbocycles. The Balaban J connectivity index is 0.000000810. The van der Waals surface area contributed by atoms with Gasteiger partial charge in [0.05, 0.1) is 6.10 Å². The number of aliphatic hydroxyl groups is 1. The maximum Gasteiger partial charge on any atom is 0.0761 e. The van der Waals surface area contributed by atoms with Crippen LogP contribution in [0, 0.1) is 0 Å². The first-order chi connectivity index (χ1) is 4.30. The molecule has 0 saturated heterocycles. The molecule has 1 aromatic rings. The molecule has 0 bridgehead atoms. The van der Waals surface area contributed by atoms with Gasteiger partial charge in [-0.05, 0) is 12.5 Å². The Hall–Kier alpha value is -0.236. The molecule has 1 radical (unpaired) electrons. The second-order valence-corrected chi connectivity index (χ2v) is 2.09. The predicted molar refractivity (Wildman–Crippen MR) is 37.1 cm³/mol. The number of rotatable bonds is 1. The van der Waals surface area contributed by atoms with Crippen molar-refractivity contribution < 1.29 is 23.7 Å². The van der Waals surface area contributed by atoms with Crippen molar-refractivity contribution in [1.82, 2.24) is 0 Å². The van der Waals surface area contributed by atoms with E-state index in [2.05, 4.69) is 0 Å². The SMILES string of the molecule is CC(O)c1ccccc1.[V]. The van der Waals surface area contributed by atoms with Crippen LogP contribution in [0.4, 0.5) is 0 Å². The molecule has 1 unspecified atom stereocenters. The molecule has 0 saturated carbocycles. The van der Waals surface area contributed by atoms with Crippen molar-refractivity contribution in [2.45, 2.75) is 13.0 Å². The fraction of sp³-hybridized carbons (Fsp3) is 0.250. The molecule has 0 heterocycles. The van der Waals surface area contributed by atoms with Crippen molar-refractivity contribution in [1.29, 1.82) is 0 Å². The summed E-state index contributed by atoms with van der Waals surface area (Å²) in [7, 11) is 0. The normalized spacial score (nSPS) is 11.8. The Morgan fingerprint density at radius 3 is 2.00 bits per heavy atom. The van der Waals surface area contributed by atoms with Gasteiger partial charge in [0.2, 0.25) is 0 Å². The number of aliphatic hydroxyl groups excluding tert-OH is 1. The molecule has 0 fully saturated rings. The number of hydrogen-bond acceptors (Lipinski definition) is 1. The average Bonchev–Trinajstić information content (AvgIpc) is 1.90. The molecule has 10 heavy (non-hydrogen) atoms. The van der Waals surface area contributed by atoms with Crippen LogP contribution in [0.15, 0.2) is 30.3 Å². The van der Waals surface area contributed by atoms with Crippen LogP contribution in [0.2, 0.25) is 0 Å². The second-order valence-electron chi connectivity index (χ2n) is 2.09. The van der Waals surface area contributed by atoms with E-state index in [9.17, 15) is 0 Å².